The first-order valence-electron chi connectivity index (χ1n) is 6.66. The van der Waals surface area contributed by atoms with Gasteiger partial charge in [0.1, 0.15) is 4.47 Å². The molecule has 19 heavy (non-hydrogen) atoms. The van der Waals surface area contributed by atoms with Gasteiger partial charge in [-0.25, -0.2) is 4.68 Å². The second kappa shape index (κ2) is 5.63. The summed E-state index contributed by atoms with van der Waals surface area (Å²) in [6.45, 7) is 8.54. The third-order valence-electron chi connectivity index (χ3n) is 3.52. The molecule has 1 aliphatic rings. The van der Waals surface area contributed by atoms with Crippen LogP contribution < -0.4 is 16.2 Å². The van der Waals surface area contributed by atoms with Crippen molar-refractivity contribution < 1.29 is 0 Å². The molecule has 0 aliphatic carbocycles. The Morgan fingerprint density at radius 2 is 2.21 bits per heavy atom. The highest BCUT2D eigenvalue weighted by molar-refractivity contribution is 9.10. The predicted octanol–water partition coefficient (Wildman–Crippen LogP) is 1.45. The summed E-state index contributed by atoms with van der Waals surface area (Å²) in [6, 6.07) is 0.157. The zero-order valence-corrected chi connectivity index (χ0v) is 13.2. The van der Waals surface area contributed by atoms with Crippen LogP contribution in [-0.2, 0) is 6.54 Å². The average molecular weight is 329 g/mol. The first kappa shape index (κ1) is 14.5. The molecule has 2 heterocycles. The Labute approximate surface area is 121 Å². The lowest BCUT2D eigenvalue weighted by molar-refractivity contribution is 0.462. The van der Waals surface area contributed by atoms with Crippen LogP contribution in [0, 0.1) is 11.8 Å². The minimum atomic E-state index is -0.0701. The molecule has 0 bridgehead atoms. The van der Waals surface area contributed by atoms with Gasteiger partial charge in [0.15, 0.2) is 0 Å². The molecule has 0 spiro atoms. The highest BCUT2D eigenvalue weighted by Gasteiger charge is 2.28. The van der Waals surface area contributed by atoms with Gasteiger partial charge in [-0.15, -0.1) is 0 Å². The Hall–Kier alpha value is -0.880. The maximum absolute atomic E-state index is 12.2. The highest BCUT2D eigenvalue weighted by Crippen LogP contribution is 2.27. The van der Waals surface area contributed by atoms with Crippen molar-refractivity contribution in [1.82, 2.24) is 9.78 Å². The molecule has 0 radical (unpaired) electrons. The summed E-state index contributed by atoms with van der Waals surface area (Å²) in [6.07, 6.45) is 1.76. The minimum Gasteiger partial charge on any atom is -0.367 e. The normalized spacial score (nSPS) is 23.4. The molecule has 0 amide bonds. The summed E-state index contributed by atoms with van der Waals surface area (Å²) in [5.41, 5.74) is 6.81. The Morgan fingerprint density at radius 3 is 2.74 bits per heavy atom. The van der Waals surface area contributed by atoms with Gasteiger partial charge in [-0.1, -0.05) is 20.8 Å². The van der Waals surface area contributed by atoms with E-state index in [1.54, 1.807) is 6.20 Å². The number of anilines is 1. The molecule has 2 N–H and O–H groups in total. The second-order valence-electron chi connectivity index (χ2n) is 5.77. The molecule has 0 aromatic carbocycles. The van der Waals surface area contributed by atoms with Gasteiger partial charge in [0.2, 0.25) is 0 Å². The van der Waals surface area contributed by atoms with E-state index in [9.17, 15) is 4.79 Å². The number of nitrogens with two attached hydrogens (primary N) is 1. The minimum absolute atomic E-state index is 0.0701. The lowest BCUT2D eigenvalue weighted by atomic mass is 10.1. The molecule has 2 unspecified atom stereocenters. The summed E-state index contributed by atoms with van der Waals surface area (Å²) in [7, 11) is 0. The Morgan fingerprint density at radius 1 is 1.53 bits per heavy atom. The Balaban J connectivity index is 2.29. The summed E-state index contributed by atoms with van der Waals surface area (Å²) in [4.78, 5) is 14.4. The number of rotatable bonds is 3. The van der Waals surface area contributed by atoms with E-state index in [1.807, 2.05) is 0 Å². The van der Waals surface area contributed by atoms with Crippen molar-refractivity contribution in [1.29, 1.82) is 0 Å². The third kappa shape index (κ3) is 3.00. The number of nitrogens with zero attached hydrogens (tertiary/aromatic N) is 3. The van der Waals surface area contributed by atoms with Gasteiger partial charge < -0.3 is 10.6 Å². The van der Waals surface area contributed by atoms with Gasteiger partial charge in [-0.2, -0.15) is 5.10 Å². The number of hydrogen-bond donors (Lipinski definition) is 1. The van der Waals surface area contributed by atoms with E-state index in [0.717, 1.165) is 18.8 Å². The molecular formula is C13H21BrN4O. The molecule has 2 atom stereocenters. The topological polar surface area (TPSA) is 64.2 Å². The maximum Gasteiger partial charge on any atom is 0.283 e. The highest BCUT2D eigenvalue weighted by atomic mass is 79.9. The van der Waals surface area contributed by atoms with Gasteiger partial charge in [-0.05, 0) is 27.8 Å². The molecule has 6 heteroatoms. The molecule has 5 nitrogen and oxygen atoms in total. The maximum atomic E-state index is 12.2. The molecule has 2 rings (SSSR count). The van der Waals surface area contributed by atoms with Crippen molar-refractivity contribution in [3.8, 4) is 0 Å². The fourth-order valence-corrected chi connectivity index (χ4v) is 2.90. The SMILES string of the molecule is CC(C)Cn1ncc(N2CC(C)C(N)C2)c(Br)c1=O. The molecule has 1 aromatic heterocycles. The Kier molecular flexibility index (Phi) is 4.30. The standard InChI is InChI=1S/C13H21BrN4O/c1-8(2)5-18-13(19)12(14)11(4-16-18)17-6-9(3)10(15)7-17/h4,8-10H,5-7,15H2,1-3H3. The molecule has 1 aromatic rings. The predicted molar refractivity (Wildman–Crippen MR) is 80.4 cm³/mol. The number of hydrogen-bond acceptors (Lipinski definition) is 4. The third-order valence-corrected chi connectivity index (χ3v) is 4.26. The largest absolute Gasteiger partial charge is 0.367 e. The monoisotopic (exact) mass is 328 g/mol. The van der Waals surface area contributed by atoms with E-state index in [1.165, 1.54) is 4.68 Å². The smallest absolute Gasteiger partial charge is 0.283 e. The van der Waals surface area contributed by atoms with E-state index >= 15 is 0 Å². The van der Waals surface area contributed by atoms with E-state index < -0.39 is 0 Å². The van der Waals surface area contributed by atoms with Crippen molar-refractivity contribution in [3.05, 3.63) is 21.0 Å². The van der Waals surface area contributed by atoms with E-state index in [0.29, 0.717) is 22.9 Å². The quantitative estimate of drug-likeness (QED) is 0.912. The van der Waals surface area contributed by atoms with Crippen LogP contribution in [0.25, 0.3) is 0 Å². The van der Waals surface area contributed by atoms with Crippen LogP contribution in [0.5, 0.6) is 0 Å². The summed E-state index contributed by atoms with van der Waals surface area (Å²) < 4.78 is 2.10. The first-order valence-corrected chi connectivity index (χ1v) is 7.45. The summed E-state index contributed by atoms with van der Waals surface area (Å²) in [5, 5.41) is 4.27. The fraction of sp³-hybridized carbons (Fsp3) is 0.692. The van der Waals surface area contributed by atoms with Gasteiger partial charge in [0.05, 0.1) is 11.9 Å². The molecular weight excluding hydrogens is 308 g/mol. The van der Waals surface area contributed by atoms with Crippen LogP contribution >= 0.6 is 15.9 Å². The molecule has 1 fully saturated rings. The summed E-state index contributed by atoms with van der Waals surface area (Å²) >= 11 is 3.42. The van der Waals surface area contributed by atoms with Crippen LogP contribution in [0.2, 0.25) is 0 Å². The fourth-order valence-electron chi connectivity index (χ4n) is 2.34. The van der Waals surface area contributed by atoms with Gasteiger partial charge in [-0.3, -0.25) is 4.79 Å². The first-order chi connectivity index (χ1) is 8.90. The number of halogens is 1. The molecule has 0 saturated carbocycles. The molecule has 1 saturated heterocycles. The van der Waals surface area contributed by atoms with E-state index in [-0.39, 0.29) is 11.6 Å². The van der Waals surface area contributed by atoms with Crippen molar-refractivity contribution in [2.75, 3.05) is 18.0 Å². The van der Waals surface area contributed by atoms with Crippen LogP contribution in [0.15, 0.2) is 15.5 Å². The van der Waals surface area contributed by atoms with Gasteiger partial charge in [0.25, 0.3) is 5.56 Å². The zero-order valence-electron chi connectivity index (χ0n) is 11.6. The second-order valence-corrected chi connectivity index (χ2v) is 6.56. The van der Waals surface area contributed by atoms with Crippen LogP contribution in [0.3, 0.4) is 0 Å². The van der Waals surface area contributed by atoms with E-state index in [4.69, 9.17) is 5.73 Å². The van der Waals surface area contributed by atoms with Crippen molar-refractivity contribution in [2.24, 2.45) is 17.6 Å². The van der Waals surface area contributed by atoms with Crippen LogP contribution in [0.1, 0.15) is 20.8 Å². The van der Waals surface area contributed by atoms with Gasteiger partial charge >= 0.3 is 0 Å². The van der Waals surface area contributed by atoms with Gasteiger partial charge in [0, 0.05) is 25.7 Å². The Bertz CT molecular complexity index is 504. The molecule has 106 valence electrons. The average Bonchev–Trinajstić information content (AvgIpc) is 2.65. The molecule has 1 aliphatic heterocycles. The van der Waals surface area contributed by atoms with Crippen LogP contribution in [0.4, 0.5) is 5.69 Å². The van der Waals surface area contributed by atoms with Crippen molar-refractivity contribution in [3.63, 3.8) is 0 Å². The van der Waals surface area contributed by atoms with E-state index in [2.05, 4.69) is 46.7 Å². The van der Waals surface area contributed by atoms with Crippen molar-refractivity contribution >= 4 is 21.6 Å². The van der Waals surface area contributed by atoms with Crippen molar-refractivity contribution in [2.45, 2.75) is 33.4 Å². The number of aromatic nitrogens is 2. The zero-order chi connectivity index (χ0) is 14.2. The lowest BCUT2D eigenvalue weighted by Crippen LogP contribution is -2.31. The lowest BCUT2D eigenvalue weighted by Gasteiger charge is -2.20. The summed E-state index contributed by atoms with van der Waals surface area (Å²) in [5.74, 6) is 0.827. The van der Waals surface area contributed by atoms with Crippen LogP contribution in [-0.4, -0.2) is 28.9 Å².